The van der Waals surface area contributed by atoms with Crippen LogP contribution in [0.2, 0.25) is 0 Å². The average molecular weight is 304 g/mol. The van der Waals surface area contributed by atoms with Crippen molar-refractivity contribution < 1.29 is 0 Å². The first-order valence-corrected chi connectivity index (χ1v) is 8.72. The number of allylic oxidation sites excluding steroid dienone is 4. The van der Waals surface area contributed by atoms with E-state index >= 15 is 0 Å². The van der Waals surface area contributed by atoms with Crippen LogP contribution in [-0.2, 0) is 0 Å². The van der Waals surface area contributed by atoms with E-state index in [0.29, 0.717) is 0 Å². The molecular weight excluding hydrogens is 284 g/mol. The fourth-order valence-corrected chi connectivity index (χ4v) is 2.94. The molecular formula is C21H20S. The summed E-state index contributed by atoms with van der Waals surface area (Å²) in [6.45, 7) is 2.24. The Balaban J connectivity index is 1.87. The molecule has 2 aromatic rings. The minimum absolute atomic E-state index is 0.0855. The summed E-state index contributed by atoms with van der Waals surface area (Å²) in [7, 11) is 0. The molecule has 1 aliphatic rings. The summed E-state index contributed by atoms with van der Waals surface area (Å²) in [4.78, 5) is 0. The Morgan fingerprint density at radius 1 is 0.773 bits per heavy atom. The van der Waals surface area contributed by atoms with Gasteiger partial charge in [-0.3, -0.25) is 0 Å². The average Bonchev–Trinajstić information content (AvgIpc) is 2.78. The first-order valence-electron chi connectivity index (χ1n) is 7.50. The Kier molecular flexibility index (Phi) is 4.35. The lowest BCUT2D eigenvalue weighted by Gasteiger charge is -2.17. The molecule has 0 aliphatic heterocycles. The van der Waals surface area contributed by atoms with Crippen LogP contribution in [0.15, 0.2) is 85.0 Å². The van der Waals surface area contributed by atoms with Crippen LogP contribution in [0.1, 0.15) is 12.5 Å². The van der Waals surface area contributed by atoms with E-state index in [-0.39, 0.29) is 4.75 Å². The predicted molar refractivity (Wildman–Crippen MR) is 100 cm³/mol. The van der Waals surface area contributed by atoms with Gasteiger partial charge >= 0.3 is 0 Å². The second kappa shape index (κ2) is 6.41. The monoisotopic (exact) mass is 304 g/mol. The van der Waals surface area contributed by atoms with Crippen molar-refractivity contribution in [2.75, 3.05) is 6.26 Å². The molecule has 0 saturated carbocycles. The summed E-state index contributed by atoms with van der Waals surface area (Å²) in [5, 5.41) is 0. The molecule has 0 unspecified atom stereocenters. The van der Waals surface area contributed by atoms with E-state index in [4.69, 9.17) is 0 Å². The minimum atomic E-state index is 0.0855. The molecule has 22 heavy (non-hydrogen) atoms. The second-order valence-corrected chi connectivity index (χ2v) is 6.93. The lowest BCUT2D eigenvalue weighted by molar-refractivity contribution is 1.01. The zero-order chi connectivity index (χ0) is 15.4. The molecule has 0 heterocycles. The Hall–Kier alpha value is -1.99. The molecule has 0 nitrogen and oxygen atoms in total. The van der Waals surface area contributed by atoms with Crippen LogP contribution in [-0.4, -0.2) is 11.0 Å². The van der Waals surface area contributed by atoms with E-state index in [1.165, 1.54) is 22.3 Å². The van der Waals surface area contributed by atoms with Gasteiger partial charge in [0.15, 0.2) is 0 Å². The Bertz CT molecular complexity index is 720. The Labute approximate surface area is 137 Å². The van der Waals surface area contributed by atoms with Crippen molar-refractivity contribution in [2.45, 2.75) is 11.7 Å². The van der Waals surface area contributed by atoms with Gasteiger partial charge in [0.2, 0.25) is 0 Å². The van der Waals surface area contributed by atoms with Crippen LogP contribution in [0.4, 0.5) is 0 Å². The Morgan fingerprint density at radius 3 is 2.09 bits per heavy atom. The summed E-state index contributed by atoms with van der Waals surface area (Å²) in [6.07, 6.45) is 13.3. The topological polar surface area (TPSA) is 0 Å². The third-order valence-corrected chi connectivity index (χ3v) is 5.21. The number of rotatable bonds is 3. The van der Waals surface area contributed by atoms with Gasteiger partial charge in [0.25, 0.3) is 0 Å². The summed E-state index contributed by atoms with van der Waals surface area (Å²) >= 11 is 1.85. The van der Waals surface area contributed by atoms with E-state index < -0.39 is 0 Å². The van der Waals surface area contributed by atoms with Crippen LogP contribution >= 0.6 is 11.8 Å². The molecule has 1 heteroatoms. The van der Waals surface area contributed by atoms with Gasteiger partial charge in [-0.15, -0.1) is 0 Å². The zero-order valence-corrected chi connectivity index (χ0v) is 13.8. The molecule has 0 spiro atoms. The fourth-order valence-electron chi connectivity index (χ4n) is 2.52. The minimum Gasteiger partial charge on any atom is -0.150 e. The summed E-state index contributed by atoms with van der Waals surface area (Å²) in [6, 6.07) is 19.3. The summed E-state index contributed by atoms with van der Waals surface area (Å²) in [5.74, 6) is 0. The quantitative estimate of drug-likeness (QED) is 0.671. The van der Waals surface area contributed by atoms with Crippen molar-refractivity contribution >= 4 is 17.3 Å². The van der Waals surface area contributed by atoms with Gasteiger partial charge in [-0.25, -0.2) is 0 Å². The largest absolute Gasteiger partial charge is 0.150 e. The predicted octanol–water partition coefficient (Wildman–Crippen LogP) is 5.98. The van der Waals surface area contributed by atoms with E-state index in [1.54, 1.807) is 0 Å². The maximum Gasteiger partial charge on any atom is 0.0493 e. The SMILES string of the molecule is CS[C@@]1(C)C=CC=C(c2ccc(-c3ccccc3)cc2)C=C1. The summed E-state index contributed by atoms with van der Waals surface area (Å²) < 4.78 is 0.0855. The number of benzene rings is 2. The highest BCUT2D eigenvalue weighted by atomic mass is 32.2. The Morgan fingerprint density at radius 2 is 1.41 bits per heavy atom. The van der Waals surface area contributed by atoms with E-state index in [0.717, 1.165) is 0 Å². The van der Waals surface area contributed by atoms with Gasteiger partial charge < -0.3 is 0 Å². The maximum atomic E-state index is 2.28. The van der Waals surface area contributed by atoms with E-state index in [1.807, 2.05) is 17.8 Å². The van der Waals surface area contributed by atoms with Gasteiger partial charge in [0.05, 0.1) is 0 Å². The molecule has 3 rings (SSSR count). The van der Waals surface area contributed by atoms with Crippen molar-refractivity contribution in [1.82, 2.24) is 0 Å². The smallest absolute Gasteiger partial charge is 0.0493 e. The highest BCUT2D eigenvalue weighted by Crippen LogP contribution is 2.30. The first-order chi connectivity index (χ1) is 10.7. The van der Waals surface area contributed by atoms with Crippen LogP contribution in [0.5, 0.6) is 0 Å². The van der Waals surface area contributed by atoms with Crippen LogP contribution < -0.4 is 0 Å². The first kappa shape index (κ1) is 14.9. The van der Waals surface area contributed by atoms with Gasteiger partial charge in [0, 0.05) is 4.75 Å². The third-order valence-electron chi connectivity index (χ3n) is 4.06. The normalized spacial score (nSPS) is 20.5. The number of thioether (sulfide) groups is 1. The molecule has 110 valence electrons. The van der Waals surface area contributed by atoms with Crippen molar-refractivity contribution in [2.24, 2.45) is 0 Å². The van der Waals surface area contributed by atoms with Gasteiger partial charge in [0.1, 0.15) is 0 Å². The van der Waals surface area contributed by atoms with Gasteiger partial charge in [-0.2, -0.15) is 11.8 Å². The van der Waals surface area contributed by atoms with Crippen LogP contribution in [0.25, 0.3) is 16.7 Å². The van der Waals surface area contributed by atoms with Gasteiger partial charge in [-0.05, 0) is 35.4 Å². The second-order valence-electron chi connectivity index (χ2n) is 5.65. The van der Waals surface area contributed by atoms with Crippen LogP contribution in [0.3, 0.4) is 0 Å². The molecule has 2 aromatic carbocycles. The third kappa shape index (κ3) is 3.26. The highest BCUT2D eigenvalue weighted by molar-refractivity contribution is 8.00. The lowest BCUT2D eigenvalue weighted by Crippen LogP contribution is -2.10. The standard InChI is InChI=1S/C21H20S/c1-21(22-2)15-6-9-18(14-16-21)20-12-10-19(11-13-20)17-7-4-3-5-8-17/h3-16H,1-2H3/t21-/m0/s1. The van der Waals surface area contributed by atoms with Crippen molar-refractivity contribution in [3.8, 4) is 11.1 Å². The lowest BCUT2D eigenvalue weighted by atomic mass is 10.00. The maximum absolute atomic E-state index is 2.28. The van der Waals surface area contributed by atoms with Crippen molar-refractivity contribution in [3.05, 3.63) is 90.5 Å². The molecule has 0 bridgehead atoms. The zero-order valence-electron chi connectivity index (χ0n) is 13.0. The molecule has 1 atom stereocenters. The van der Waals surface area contributed by atoms with Gasteiger partial charge in [-0.1, -0.05) is 85.0 Å². The van der Waals surface area contributed by atoms with Crippen molar-refractivity contribution in [1.29, 1.82) is 0 Å². The molecule has 0 fully saturated rings. The summed E-state index contributed by atoms with van der Waals surface area (Å²) in [5.41, 5.74) is 5.03. The van der Waals surface area contributed by atoms with E-state index in [2.05, 4.69) is 92.1 Å². The molecule has 0 saturated heterocycles. The highest BCUT2D eigenvalue weighted by Gasteiger charge is 2.16. The molecule has 1 aliphatic carbocycles. The number of hydrogen-bond acceptors (Lipinski definition) is 1. The molecule has 0 radical (unpaired) electrons. The van der Waals surface area contributed by atoms with E-state index in [9.17, 15) is 0 Å². The molecule has 0 N–H and O–H groups in total. The fraction of sp³-hybridized carbons (Fsp3) is 0.143. The molecule has 0 aromatic heterocycles. The van der Waals surface area contributed by atoms with Crippen molar-refractivity contribution in [3.63, 3.8) is 0 Å². The molecule has 0 amide bonds. The number of hydrogen-bond donors (Lipinski definition) is 0. The van der Waals surface area contributed by atoms with Crippen LogP contribution in [0, 0.1) is 0 Å².